The summed E-state index contributed by atoms with van der Waals surface area (Å²) in [6, 6.07) is 12.0. The highest BCUT2D eigenvalue weighted by atomic mass is 35.5. The van der Waals surface area contributed by atoms with Gasteiger partial charge in [-0.3, -0.25) is 4.79 Å². The molecule has 9 heteroatoms. The van der Waals surface area contributed by atoms with Crippen molar-refractivity contribution in [3.63, 3.8) is 0 Å². The quantitative estimate of drug-likeness (QED) is 0.597. The molecule has 2 aliphatic heterocycles. The predicted molar refractivity (Wildman–Crippen MR) is 135 cm³/mol. The van der Waals surface area contributed by atoms with Crippen LogP contribution in [0, 0.1) is 5.82 Å². The van der Waals surface area contributed by atoms with Gasteiger partial charge in [0.1, 0.15) is 17.5 Å². The fraction of sp³-hybridized carbons (Fsp3) is 0.400. The SMILES string of the molecule is CC1CN(c2[nH]c(=O)ccc2Cl)CCN1c1cc(-c2ccc(F)cc2)nc(N2CCCC2C)n1. The van der Waals surface area contributed by atoms with Crippen LogP contribution in [0.5, 0.6) is 0 Å². The molecule has 1 N–H and O–H groups in total. The molecule has 0 aliphatic carbocycles. The van der Waals surface area contributed by atoms with Crippen LogP contribution in [0.25, 0.3) is 11.3 Å². The maximum Gasteiger partial charge on any atom is 0.249 e. The maximum absolute atomic E-state index is 13.5. The fourth-order valence-electron chi connectivity index (χ4n) is 4.87. The van der Waals surface area contributed by atoms with Crippen molar-refractivity contribution < 1.29 is 4.39 Å². The number of hydrogen-bond acceptors (Lipinski definition) is 6. The topological polar surface area (TPSA) is 68.4 Å². The Hall–Kier alpha value is -3.13. The molecule has 1 aromatic carbocycles. The van der Waals surface area contributed by atoms with Crippen molar-refractivity contribution in [2.75, 3.05) is 40.9 Å². The summed E-state index contributed by atoms with van der Waals surface area (Å²) in [5, 5.41) is 0.534. The van der Waals surface area contributed by atoms with Crippen molar-refractivity contribution in [2.24, 2.45) is 0 Å². The van der Waals surface area contributed by atoms with E-state index in [2.05, 4.69) is 33.5 Å². The van der Waals surface area contributed by atoms with Crippen molar-refractivity contribution >= 4 is 29.2 Å². The van der Waals surface area contributed by atoms with E-state index in [-0.39, 0.29) is 17.4 Å². The molecule has 4 heterocycles. The number of hydrogen-bond donors (Lipinski definition) is 1. The fourth-order valence-corrected chi connectivity index (χ4v) is 5.10. The molecule has 0 bridgehead atoms. The van der Waals surface area contributed by atoms with Crippen LogP contribution in [0.3, 0.4) is 0 Å². The number of benzene rings is 1. The molecule has 3 aromatic rings. The molecule has 0 amide bonds. The minimum Gasteiger partial charge on any atom is -0.353 e. The number of aromatic nitrogens is 3. The van der Waals surface area contributed by atoms with Gasteiger partial charge in [-0.2, -0.15) is 4.98 Å². The molecule has 34 heavy (non-hydrogen) atoms. The van der Waals surface area contributed by atoms with Gasteiger partial charge in [0, 0.05) is 56.0 Å². The second kappa shape index (κ2) is 9.25. The van der Waals surface area contributed by atoms with Gasteiger partial charge in [-0.1, -0.05) is 11.6 Å². The smallest absolute Gasteiger partial charge is 0.249 e. The minimum atomic E-state index is -0.270. The zero-order chi connectivity index (χ0) is 23.8. The van der Waals surface area contributed by atoms with E-state index in [1.54, 1.807) is 18.2 Å². The largest absolute Gasteiger partial charge is 0.353 e. The number of anilines is 3. The third-order valence-corrected chi connectivity index (χ3v) is 7.04. The Morgan fingerprint density at radius 1 is 1.00 bits per heavy atom. The number of nitrogens with zero attached hydrogens (tertiary/aromatic N) is 5. The van der Waals surface area contributed by atoms with E-state index in [1.807, 2.05) is 6.07 Å². The van der Waals surface area contributed by atoms with Crippen LogP contribution < -0.4 is 20.3 Å². The van der Waals surface area contributed by atoms with Crippen LogP contribution in [0.15, 0.2) is 47.3 Å². The van der Waals surface area contributed by atoms with Gasteiger partial charge in [-0.15, -0.1) is 0 Å². The zero-order valence-corrected chi connectivity index (χ0v) is 20.1. The molecule has 2 unspecified atom stereocenters. The molecule has 2 aliphatic rings. The third-order valence-electron chi connectivity index (χ3n) is 6.74. The van der Waals surface area contributed by atoms with Crippen molar-refractivity contribution in [3.05, 3.63) is 63.7 Å². The van der Waals surface area contributed by atoms with Gasteiger partial charge < -0.3 is 19.7 Å². The van der Waals surface area contributed by atoms with Crippen molar-refractivity contribution in [1.29, 1.82) is 0 Å². The normalized spacial score (nSPS) is 20.8. The van der Waals surface area contributed by atoms with Gasteiger partial charge >= 0.3 is 0 Å². The third kappa shape index (κ3) is 4.46. The second-order valence-corrected chi connectivity index (χ2v) is 9.52. The molecule has 2 saturated heterocycles. The Morgan fingerprint density at radius 3 is 2.50 bits per heavy atom. The number of H-pyrrole nitrogens is 1. The van der Waals surface area contributed by atoms with Crippen molar-refractivity contribution in [3.8, 4) is 11.3 Å². The Labute approximate surface area is 203 Å². The Bertz CT molecular complexity index is 1230. The molecule has 0 radical (unpaired) electrons. The molecule has 0 spiro atoms. The van der Waals surface area contributed by atoms with E-state index < -0.39 is 0 Å². The molecule has 2 fully saturated rings. The molecule has 178 valence electrons. The zero-order valence-electron chi connectivity index (χ0n) is 19.3. The van der Waals surface area contributed by atoms with Gasteiger partial charge in [0.2, 0.25) is 11.5 Å². The number of pyridine rings is 1. The average molecular weight is 483 g/mol. The first-order valence-corrected chi connectivity index (χ1v) is 12.1. The molecule has 5 rings (SSSR count). The summed E-state index contributed by atoms with van der Waals surface area (Å²) in [5.74, 6) is 1.95. The van der Waals surface area contributed by atoms with E-state index >= 15 is 0 Å². The summed E-state index contributed by atoms with van der Waals surface area (Å²) in [6.45, 7) is 7.35. The standard InChI is InChI=1S/C25H28ClFN6O/c1-16-4-3-11-33(16)25-28-21(18-5-7-19(27)8-6-18)14-22(29-25)32-13-12-31(15-17(32)2)24-20(26)9-10-23(34)30-24/h5-10,14,16-17H,3-4,11-13,15H2,1-2H3,(H,30,34). The van der Waals surface area contributed by atoms with Crippen LogP contribution in [-0.4, -0.2) is 53.2 Å². The highest BCUT2D eigenvalue weighted by Gasteiger charge is 2.29. The summed E-state index contributed by atoms with van der Waals surface area (Å²) >= 11 is 6.36. The highest BCUT2D eigenvalue weighted by molar-refractivity contribution is 6.32. The maximum atomic E-state index is 13.5. The number of aromatic amines is 1. The Kier molecular flexibility index (Phi) is 6.16. The van der Waals surface area contributed by atoms with Crippen LogP contribution >= 0.6 is 11.6 Å². The number of piperazine rings is 1. The van der Waals surface area contributed by atoms with E-state index in [1.165, 1.54) is 18.2 Å². The van der Waals surface area contributed by atoms with Crippen molar-refractivity contribution in [1.82, 2.24) is 15.0 Å². The van der Waals surface area contributed by atoms with Crippen LogP contribution in [-0.2, 0) is 0 Å². The monoisotopic (exact) mass is 482 g/mol. The summed E-state index contributed by atoms with van der Waals surface area (Å²) < 4.78 is 13.5. The Morgan fingerprint density at radius 2 is 1.79 bits per heavy atom. The van der Waals surface area contributed by atoms with E-state index in [0.29, 0.717) is 42.5 Å². The van der Waals surface area contributed by atoms with Crippen LogP contribution in [0.2, 0.25) is 5.02 Å². The number of nitrogens with one attached hydrogen (secondary N) is 1. The summed E-state index contributed by atoms with van der Waals surface area (Å²) in [4.78, 5) is 31.2. The summed E-state index contributed by atoms with van der Waals surface area (Å²) in [6.07, 6.45) is 2.23. The molecule has 7 nitrogen and oxygen atoms in total. The molecular weight excluding hydrogens is 455 g/mol. The lowest BCUT2D eigenvalue weighted by molar-refractivity contribution is 0.542. The molecule has 2 aromatic heterocycles. The number of halogens is 2. The molecular formula is C25H28ClFN6O. The first-order chi connectivity index (χ1) is 16.4. The predicted octanol–water partition coefficient (Wildman–Crippen LogP) is 4.33. The summed E-state index contributed by atoms with van der Waals surface area (Å²) in [7, 11) is 0. The first kappa shape index (κ1) is 22.7. The Balaban J connectivity index is 1.47. The van der Waals surface area contributed by atoms with E-state index in [4.69, 9.17) is 21.6 Å². The lowest BCUT2D eigenvalue weighted by atomic mass is 10.1. The van der Waals surface area contributed by atoms with Crippen LogP contribution in [0.1, 0.15) is 26.7 Å². The summed E-state index contributed by atoms with van der Waals surface area (Å²) in [5.41, 5.74) is 1.47. The lowest BCUT2D eigenvalue weighted by Crippen LogP contribution is -2.53. The lowest BCUT2D eigenvalue weighted by Gasteiger charge is -2.41. The molecule has 0 saturated carbocycles. The van der Waals surface area contributed by atoms with Crippen molar-refractivity contribution in [2.45, 2.75) is 38.8 Å². The highest BCUT2D eigenvalue weighted by Crippen LogP contribution is 2.31. The average Bonchev–Trinajstić information content (AvgIpc) is 3.26. The van der Waals surface area contributed by atoms with Crippen LogP contribution in [0.4, 0.5) is 22.0 Å². The van der Waals surface area contributed by atoms with Gasteiger partial charge in [0.05, 0.1) is 10.7 Å². The molecule has 2 atom stereocenters. The van der Waals surface area contributed by atoms with Gasteiger partial charge in [-0.25, -0.2) is 9.37 Å². The van der Waals surface area contributed by atoms with Gasteiger partial charge in [-0.05, 0) is 57.0 Å². The second-order valence-electron chi connectivity index (χ2n) is 9.11. The minimum absolute atomic E-state index is 0.119. The number of rotatable bonds is 4. The first-order valence-electron chi connectivity index (χ1n) is 11.7. The van der Waals surface area contributed by atoms with Gasteiger partial charge in [0.25, 0.3) is 0 Å². The van der Waals surface area contributed by atoms with Gasteiger partial charge in [0.15, 0.2) is 0 Å². The van der Waals surface area contributed by atoms with E-state index in [9.17, 15) is 9.18 Å². The van der Waals surface area contributed by atoms with E-state index in [0.717, 1.165) is 36.5 Å².